The van der Waals surface area contributed by atoms with E-state index in [1.54, 1.807) is 36.4 Å². The summed E-state index contributed by atoms with van der Waals surface area (Å²) in [6.07, 6.45) is 2.32. The average molecular weight is 440 g/mol. The summed E-state index contributed by atoms with van der Waals surface area (Å²) in [6.45, 7) is 4.49. The Bertz CT molecular complexity index is 1210. The highest BCUT2D eigenvalue weighted by atomic mass is 16.5. The van der Waals surface area contributed by atoms with Gasteiger partial charge < -0.3 is 4.74 Å². The number of ether oxygens (including phenoxy) is 1. The zero-order chi connectivity index (χ0) is 23.4. The first-order valence-corrected chi connectivity index (χ1v) is 10.7. The molecule has 0 aliphatic carbocycles. The Kier molecular flexibility index (Phi) is 6.36. The molecule has 1 heterocycles. The van der Waals surface area contributed by atoms with Crippen LogP contribution < -0.4 is 15.0 Å². The van der Waals surface area contributed by atoms with E-state index in [2.05, 4.69) is 5.32 Å². The van der Waals surface area contributed by atoms with Gasteiger partial charge in [0.2, 0.25) is 0 Å². The molecule has 1 aliphatic rings. The number of urea groups is 1. The quantitative estimate of drug-likeness (QED) is 0.441. The van der Waals surface area contributed by atoms with Gasteiger partial charge in [0.05, 0.1) is 5.69 Å². The van der Waals surface area contributed by atoms with E-state index in [-0.39, 0.29) is 5.57 Å². The number of nitrogens with zero attached hydrogens (tertiary/aromatic N) is 1. The molecular weight excluding hydrogens is 416 g/mol. The van der Waals surface area contributed by atoms with Crippen molar-refractivity contribution in [2.24, 2.45) is 0 Å². The van der Waals surface area contributed by atoms with Gasteiger partial charge in [0.15, 0.2) is 0 Å². The second-order valence-electron chi connectivity index (χ2n) is 7.82. The number of nitrogens with one attached hydrogen (secondary N) is 1. The number of hydrogen-bond acceptors (Lipinski definition) is 4. The lowest BCUT2D eigenvalue weighted by atomic mass is 10.1. The van der Waals surface area contributed by atoms with Crippen LogP contribution in [0.25, 0.3) is 6.08 Å². The maximum absolute atomic E-state index is 13.0. The van der Waals surface area contributed by atoms with Crippen molar-refractivity contribution in [1.82, 2.24) is 5.32 Å². The van der Waals surface area contributed by atoms with Crippen molar-refractivity contribution in [3.05, 3.63) is 101 Å². The molecular formula is C27H24N2O4. The van der Waals surface area contributed by atoms with E-state index in [9.17, 15) is 14.4 Å². The van der Waals surface area contributed by atoms with E-state index < -0.39 is 17.8 Å². The molecule has 4 amide bonds. The van der Waals surface area contributed by atoms with E-state index in [0.29, 0.717) is 23.6 Å². The number of benzene rings is 3. The summed E-state index contributed by atoms with van der Waals surface area (Å²) in [7, 11) is 0. The van der Waals surface area contributed by atoms with Gasteiger partial charge in [-0.2, -0.15) is 0 Å². The molecule has 0 unspecified atom stereocenters. The Balaban J connectivity index is 1.50. The van der Waals surface area contributed by atoms with Crippen LogP contribution in [-0.2, 0) is 22.6 Å². The number of aryl methyl sites for hydroxylation is 2. The van der Waals surface area contributed by atoms with Crippen LogP contribution in [0, 0.1) is 6.92 Å². The van der Waals surface area contributed by atoms with E-state index in [0.717, 1.165) is 22.4 Å². The van der Waals surface area contributed by atoms with Gasteiger partial charge in [0.25, 0.3) is 11.8 Å². The highest BCUT2D eigenvalue weighted by Crippen LogP contribution is 2.23. The fourth-order valence-electron chi connectivity index (χ4n) is 3.45. The summed E-state index contributed by atoms with van der Waals surface area (Å²) in [5.74, 6) is -0.705. The molecule has 0 spiro atoms. The molecule has 1 aliphatic heterocycles. The van der Waals surface area contributed by atoms with Crippen molar-refractivity contribution >= 4 is 29.6 Å². The van der Waals surface area contributed by atoms with Gasteiger partial charge in [-0.25, -0.2) is 9.69 Å². The van der Waals surface area contributed by atoms with Gasteiger partial charge in [0.1, 0.15) is 17.9 Å². The topological polar surface area (TPSA) is 75.7 Å². The summed E-state index contributed by atoms with van der Waals surface area (Å²) in [6, 6.07) is 21.5. The molecule has 6 heteroatoms. The number of rotatable bonds is 6. The number of imide groups is 2. The number of amides is 4. The lowest BCUT2D eigenvalue weighted by Gasteiger charge is -2.26. The van der Waals surface area contributed by atoms with E-state index in [1.807, 2.05) is 50.2 Å². The van der Waals surface area contributed by atoms with Crippen molar-refractivity contribution < 1.29 is 19.1 Å². The number of carbonyl (C=O) groups is 3. The first kappa shape index (κ1) is 22.0. The molecule has 0 atom stereocenters. The predicted octanol–water partition coefficient (Wildman–Crippen LogP) is 4.80. The molecule has 1 saturated heterocycles. The van der Waals surface area contributed by atoms with Gasteiger partial charge >= 0.3 is 6.03 Å². The SMILES string of the molecule is CCc1ccc(N2C(=O)NC(=O)/C(=C/c3ccc(OCc4ccc(C)cc4)cc3)C2=O)cc1. The molecule has 0 saturated carbocycles. The van der Waals surface area contributed by atoms with Crippen LogP contribution >= 0.6 is 0 Å². The predicted molar refractivity (Wildman–Crippen MR) is 127 cm³/mol. The third-order valence-corrected chi connectivity index (χ3v) is 5.42. The van der Waals surface area contributed by atoms with Crippen LogP contribution in [0.4, 0.5) is 10.5 Å². The highest BCUT2D eigenvalue weighted by Gasteiger charge is 2.36. The number of anilines is 1. The standard InChI is InChI=1S/C27H24N2O4/c1-3-19-8-12-22(13-9-19)29-26(31)24(25(30)28-27(29)32)16-20-10-14-23(15-11-20)33-17-21-6-4-18(2)5-7-21/h4-16H,3,17H2,1-2H3,(H,28,30,32)/b24-16-. The van der Waals surface area contributed by atoms with E-state index in [1.165, 1.54) is 11.6 Å². The summed E-state index contributed by atoms with van der Waals surface area (Å²) in [5.41, 5.74) is 4.28. The second-order valence-corrected chi connectivity index (χ2v) is 7.82. The summed E-state index contributed by atoms with van der Waals surface area (Å²) in [5, 5.41) is 2.25. The molecule has 33 heavy (non-hydrogen) atoms. The molecule has 0 aromatic heterocycles. The molecule has 0 radical (unpaired) electrons. The zero-order valence-corrected chi connectivity index (χ0v) is 18.5. The summed E-state index contributed by atoms with van der Waals surface area (Å²) in [4.78, 5) is 38.7. The van der Waals surface area contributed by atoms with Crippen LogP contribution in [0.2, 0.25) is 0 Å². The summed E-state index contributed by atoms with van der Waals surface area (Å²) < 4.78 is 5.81. The Hall–Kier alpha value is -4.19. The van der Waals surface area contributed by atoms with Crippen molar-refractivity contribution in [1.29, 1.82) is 0 Å². The fraction of sp³-hybridized carbons (Fsp3) is 0.148. The smallest absolute Gasteiger partial charge is 0.335 e. The molecule has 1 fully saturated rings. The number of hydrogen-bond donors (Lipinski definition) is 1. The van der Waals surface area contributed by atoms with Crippen LogP contribution in [0.15, 0.2) is 78.4 Å². The van der Waals surface area contributed by atoms with E-state index >= 15 is 0 Å². The Labute approximate surface area is 192 Å². The Morgan fingerprint density at radius 2 is 1.48 bits per heavy atom. The first-order chi connectivity index (χ1) is 15.9. The van der Waals surface area contributed by atoms with Gasteiger partial charge in [-0.3, -0.25) is 14.9 Å². The Morgan fingerprint density at radius 3 is 2.12 bits per heavy atom. The fourth-order valence-corrected chi connectivity index (χ4v) is 3.45. The second kappa shape index (κ2) is 9.53. The maximum Gasteiger partial charge on any atom is 0.335 e. The highest BCUT2D eigenvalue weighted by molar-refractivity contribution is 6.39. The molecule has 0 bridgehead atoms. The van der Waals surface area contributed by atoms with Crippen LogP contribution in [0.5, 0.6) is 5.75 Å². The van der Waals surface area contributed by atoms with Crippen molar-refractivity contribution in [2.75, 3.05) is 4.90 Å². The molecule has 4 rings (SSSR count). The van der Waals surface area contributed by atoms with Crippen LogP contribution in [0.1, 0.15) is 29.2 Å². The number of carbonyl (C=O) groups excluding carboxylic acids is 3. The minimum Gasteiger partial charge on any atom is -0.489 e. The average Bonchev–Trinajstić information content (AvgIpc) is 2.82. The first-order valence-electron chi connectivity index (χ1n) is 10.7. The molecule has 3 aromatic rings. The van der Waals surface area contributed by atoms with Crippen molar-refractivity contribution in [3.8, 4) is 5.75 Å². The number of barbiturate groups is 1. The van der Waals surface area contributed by atoms with Gasteiger partial charge in [-0.05, 0) is 60.4 Å². The third kappa shape index (κ3) is 5.01. The van der Waals surface area contributed by atoms with Gasteiger partial charge in [-0.15, -0.1) is 0 Å². The zero-order valence-electron chi connectivity index (χ0n) is 18.5. The molecule has 3 aromatic carbocycles. The Morgan fingerprint density at radius 1 is 0.848 bits per heavy atom. The van der Waals surface area contributed by atoms with Crippen molar-refractivity contribution in [3.63, 3.8) is 0 Å². The maximum atomic E-state index is 13.0. The van der Waals surface area contributed by atoms with Gasteiger partial charge in [0, 0.05) is 0 Å². The van der Waals surface area contributed by atoms with Crippen LogP contribution in [0.3, 0.4) is 0 Å². The van der Waals surface area contributed by atoms with Gasteiger partial charge in [-0.1, -0.05) is 61.0 Å². The minimum absolute atomic E-state index is 0.109. The van der Waals surface area contributed by atoms with E-state index in [4.69, 9.17) is 4.74 Å². The largest absolute Gasteiger partial charge is 0.489 e. The summed E-state index contributed by atoms with van der Waals surface area (Å²) >= 11 is 0. The monoisotopic (exact) mass is 440 g/mol. The third-order valence-electron chi connectivity index (χ3n) is 5.42. The van der Waals surface area contributed by atoms with Crippen molar-refractivity contribution in [2.45, 2.75) is 26.9 Å². The normalized spacial score (nSPS) is 15.0. The molecule has 166 valence electrons. The molecule has 6 nitrogen and oxygen atoms in total. The minimum atomic E-state index is -0.758. The lowest BCUT2D eigenvalue weighted by molar-refractivity contribution is -0.122. The molecule has 1 N–H and O–H groups in total. The lowest BCUT2D eigenvalue weighted by Crippen LogP contribution is -2.54. The van der Waals surface area contributed by atoms with Crippen LogP contribution in [-0.4, -0.2) is 17.8 Å².